The van der Waals surface area contributed by atoms with Gasteiger partial charge >= 0.3 is 0 Å². The number of methoxy groups -OCH3 is 1. The summed E-state index contributed by atoms with van der Waals surface area (Å²) in [6, 6.07) is 8.56. The fraction of sp³-hybridized carbons (Fsp3) is 0.533. The van der Waals surface area contributed by atoms with Gasteiger partial charge in [0.25, 0.3) is 0 Å². The maximum absolute atomic E-state index is 8.80. The van der Waals surface area contributed by atoms with E-state index >= 15 is 0 Å². The van der Waals surface area contributed by atoms with Gasteiger partial charge in [0.2, 0.25) is 0 Å². The lowest BCUT2D eigenvalue weighted by Crippen LogP contribution is -2.46. The molecule has 0 spiro atoms. The van der Waals surface area contributed by atoms with E-state index in [0.717, 1.165) is 18.6 Å². The number of nitriles is 1. The van der Waals surface area contributed by atoms with Crippen LogP contribution in [0, 0.1) is 11.3 Å². The van der Waals surface area contributed by atoms with Crippen LogP contribution in [0.15, 0.2) is 18.2 Å². The third kappa shape index (κ3) is 2.21. The molecular weight excluding hydrogens is 226 g/mol. The number of nitrogens with zero attached hydrogens (tertiary/aromatic N) is 1. The van der Waals surface area contributed by atoms with Crippen molar-refractivity contribution in [3.05, 3.63) is 29.3 Å². The van der Waals surface area contributed by atoms with Gasteiger partial charge in [-0.1, -0.05) is 19.1 Å². The average Bonchev–Trinajstić information content (AvgIpc) is 2.37. The molecule has 18 heavy (non-hydrogen) atoms. The molecule has 0 radical (unpaired) electrons. The van der Waals surface area contributed by atoms with E-state index in [1.54, 1.807) is 7.11 Å². The third-order valence-corrected chi connectivity index (χ3v) is 3.72. The molecule has 1 fully saturated rings. The number of hydrogen-bond acceptors (Lipinski definition) is 3. The van der Waals surface area contributed by atoms with Crippen LogP contribution < -0.4 is 4.74 Å². The molecule has 1 aliphatic heterocycles. The molecule has 1 aliphatic rings. The lowest BCUT2D eigenvalue weighted by Gasteiger charge is -2.42. The fourth-order valence-corrected chi connectivity index (χ4v) is 2.47. The van der Waals surface area contributed by atoms with Gasteiger partial charge < -0.3 is 9.47 Å². The average molecular weight is 245 g/mol. The van der Waals surface area contributed by atoms with Crippen LogP contribution in [-0.4, -0.2) is 20.3 Å². The zero-order chi connectivity index (χ0) is 13.0. The summed E-state index contributed by atoms with van der Waals surface area (Å²) >= 11 is 0. The van der Waals surface area contributed by atoms with Gasteiger partial charge in [-0.15, -0.1) is 0 Å². The molecule has 0 atom stereocenters. The summed E-state index contributed by atoms with van der Waals surface area (Å²) in [6.45, 7) is 3.53. The second-order valence-corrected chi connectivity index (χ2v) is 4.82. The van der Waals surface area contributed by atoms with Crippen LogP contribution in [-0.2, 0) is 16.6 Å². The van der Waals surface area contributed by atoms with Crippen LogP contribution in [0.1, 0.15) is 30.9 Å². The first-order valence-electron chi connectivity index (χ1n) is 6.38. The summed E-state index contributed by atoms with van der Waals surface area (Å²) in [5.74, 6) is 0.911. The second-order valence-electron chi connectivity index (χ2n) is 4.82. The van der Waals surface area contributed by atoms with Gasteiger partial charge in [0.1, 0.15) is 5.75 Å². The molecule has 1 heterocycles. The standard InChI is InChI=1S/C15H19NO2/c1-3-12-5-6-14(17-2)13(9-12)15(7-4-8-16)10-18-11-15/h5-6,9H,3-4,7,10-11H2,1-2H3. The quantitative estimate of drug-likeness (QED) is 0.801. The molecule has 1 aromatic carbocycles. The Kier molecular flexibility index (Phi) is 3.88. The Labute approximate surface area is 108 Å². The molecular formula is C15H19NO2. The van der Waals surface area contributed by atoms with Gasteiger partial charge in [-0.3, -0.25) is 0 Å². The molecule has 3 nitrogen and oxygen atoms in total. The van der Waals surface area contributed by atoms with Gasteiger partial charge in [0.05, 0.1) is 26.4 Å². The summed E-state index contributed by atoms with van der Waals surface area (Å²) in [6.07, 6.45) is 2.40. The number of aryl methyl sites for hydroxylation is 1. The van der Waals surface area contributed by atoms with Crippen LogP contribution in [0.25, 0.3) is 0 Å². The van der Waals surface area contributed by atoms with Gasteiger partial charge in [-0.2, -0.15) is 5.26 Å². The minimum atomic E-state index is -0.0216. The Morgan fingerprint density at radius 3 is 2.72 bits per heavy atom. The summed E-state index contributed by atoms with van der Waals surface area (Å²) in [5.41, 5.74) is 2.48. The van der Waals surface area contributed by atoms with Crippen molar-refractivity contribution in [2.75, 3.05) is 20.3 Å². The van der Waals surface area contributed by atoms with E-state index in [9.17, 15) is 0 Å². The molecule has 0 N–H and O–H groups in total. The largest absolute Gasteiger partial charge is 0.496 e. The first kappa shape index (κ1) is 12.9. The zero-order valence-electron chi connectivity index (χ0n) is 11.0. The summed E-state index contributed by atoms with van der Waals surface area (Å²) in [5, 5.41) is 8.80. The molecule has 2 rings (SSSR count). The van der Waals surface area contributed by atoms with Gasteiger partial charge in [0, 0.05) is 17.4 Å². The zero-order valence-corrected chi connectivity index (χ0v) is 11.0. The highest BCUT2D eigenvalue weighted by atomic mass is 16.5. The van der Waals surface area contributed by atoms with Crippen LogP contribution in [0.4, 0.5) is 0 Å². The summed E-state index contributed by atoms with van der Waals surface area (Å²) in [4.78, 5) is 0. The first-order valence-corrected chi connectivity index (χ1v) is 6.38. The van der Waals surface area contributed by atoms with E-state index in [-0.39, 0.29) is 5.41 Å². The molecule has 0 amide bonds. The van der Waals surface area contributed by atoms with Crippen LogP contribution in [0.5, 0.6) is 5.75 Å². The number of hydrogen-bond donors (Lipinski definition) is 0. The summed E-state index contributed by atoms with van der Waals surface area (Å²) < 4.78 is 10.9. The van der Waals surface area contributed by atoms with Crippen molar-refractivity contribution in [3.8, 4) is 11.8 Å². The van der Waals surface area contributed by atoms with E-state index in [4.69, 9.17) is 14.7 Å². The molecule has 1 saturated heterocycles. The Morgan fingerprint density at radius 2 is 2.22 bits per heavy atom. The van der Waals surface area contributed by atoms with Gasteiger partial charge in [-0.05, 0) is 24.5 Å². The topological polar surface area (TPSA) is 42.2 Å². The van der Waals surface area contributed by atoms with E-state index in [2.05, 4.69) is 25.1 Å². The minimum absolute atomic E-state index is 0.0216. The van der Waals surface area contributed by atoms with E-state index in [1.165, 1.54) is 11.1 Å². The van der Waals surface area contributed by atoms with E-state index < -0.39 is 0 Å². The molecule has 0 aromatic heterocycles. The SMILES string of the molecule is CCc1ccc(OC)c(C2(CCC#N)COC2)c1. The molecule has 1 aromatic rings. The van der Waals surface area contributed by atoms with Crippen LogP contribution in [0.3, 0.4) is 0 Å². The third-order valence-electron chi connectivity index (χ3n) is 3.72. The highest BCUT2D eigenvalue weighted by Crippen LogP contribution is 2.41. The van der Waals surface area contributed by atoms with Gasteiger partial charge in [-0.25, -0.2) is 0 Å². The minimum Gasteiger partial charge on any atom is -0.496 e. The Bertz CT molecular complexity index is 458. The van der Waals surface area contributed by atoms with Crippen molar-refractivity contribution in [3.63, 3.8) is 0 Å². The first-order chi connectivity index (χ1) is 8.75. The molecule has 0 bridgehead atoms. The number of benzene rings is 1. The fourth-order valence-electron chi connectivity index (χ4n) is 2.47. The molecule has 3 heteroatoms. The number of rotatable bonds is 5. The van der Waals surface area contributed by atoms with Crippen molar-refractivity contribution in [2.24, 2.45) is 0 Å². The van der Waals surface area contributed by atoms with E-state index in [0.29, 0.717) is 19.6 Å². The van der Waals surface area contributed by atoms with Crippen molar-refractivity contribution in [1.82, 2.24) is 0 Å². The smallest absolute Gasteiger partial charge is 0.122 e. The molecule has 96 valence electrons. The Morgan fingerprint density at radius 1 is 1.44 bits per heavy atom. The second kappa shape index (κ2) is 5.41. The van der Waals surface area contributed by atoms with Crippen molar-refractivity contribution >= 4 is 0 Å². The summed E-state index contributed by atoms with van der Waals surface area (Å²) in [7, 11) is 1.70. The lowest BCUT2D eigenvalue weighted by molar-refractivity contribution is -0.0646. The Hall–Kier alpha value is -1.53. The van der Waals surface area contributed by atoms with Crippen molar-refractivity contribution < 1.29 is 9.47 Å². The normalized spacial score (nSPS) is 16.7. The van der Waals surface area contributed by atoms with Crippen molar-refractivity contribution in [2.45, 2.75) is 31.6 Å². The predicted molar refractivity (Wildman–Crippen MR) is 69.7 cm³/mol. The van der Waals surface area contributed by atoms with Crippen LogP contribution in [0.2, 0.25) is 0 Å². The van der Waals surface area contributed by atoms with Crippen LogP contribution >= 0.6 is 0 Å². The molecule has 0 saturated carbocycles. The highest BCUT2D eigenvalue weighted by molar-refractivity contribution is 5.44. The highest BCUT2D eigenvalue weighted by Gasteiger charge is 2.41. The Balaban J connectivity index is 2.37. The predicted octanol–water partition coefficient (Wildman–Crippen LogP) is 2.83. The molecule has 0 aliphatic carbocycles. The van der Waals surface area contributed by atoms with Gasteiger partial charge in [0.15, 0.2) is 0 Å². The maximum Gasteiger partial charge on any atom is 0.122 e. The van der Waals surface area contributed by atoms with Crippen molar-refractivity contribution in [1.29, 1.82) is 5.26 Å². The van der Waals surface area contributed by atoms with E-state index in [1.807, 2.05) is 6.07 Å². The molecule has 0 unspecified atom stereocenters. The maximum atomic E-state index is 8.80. The monoisotopic (exact) mass is 245 g/mol. The number of ether oxygens (including phenoxy) is 2. The lowest BCUT2D eigenvalue weighted by atomic mass is 9.74.